The molecule has 138 valence electrons. The smallest absolute Gasteiger partial charge is 0.177 e. The van der Waals surface area contributed by atoms with E-state index in [2.05, 4.69) is 4.98 Å². The van der Waals surface area contributed by atoms with Crippen molar-refractivity contribution in [1.29, 1.82) is 0 Å². The van der Waals surface area contributed by atoms with Gasteiger partial charge in [-0.3, -0.25) is 4.98 Å². The van der Waals surface area contributed by atoms with Crippen LogP contribution in [-0.2, 0) is 13.2 Å². The number of aromatic nitrogens is 1. The molecule has 2 aromatic carbocycles. The van der Waals surface area contributed by atoms with E-state index in [4.69, 9.17) is 14.2 Å². The van der Waals surface area contributed by atoms with Crippen molar-refractivity contribution in [3.05, 3.63) is 83.7 Å². The Hall–Kier alpha value is -3.05. The number of fused-ring (bicyclic) bond motifs is 1. The maximum atomic E-state index is 9.31. The van der Waals surface area contributed by atoms with Crippen LogP contribution in [0.1, 0.15) is 29.8 Å². The van der Waals surface area contributed by atoms with E-state index in [1.807, 2.05) is 61.5 Å². The minimum absolute atomic E-state index is 0.0391. The van der Waals surface area contributed by atoms with Gasteiger partial charge in [0.2, 0.25) is 0 Å². The first-order valence-corrected chi connectivity index (χ1v) is 8.93. The lowest BCUT2D eigenvalue weighted by atomic mass is 10.1. The van der Waals surface area contributed by atoms with E-state index in [9.17, 15) is 5.11 Å². The molecule has 0 saturated carbocycles. The zero-order valence-electron chi connectivity index (χ0n) is 15.0. The summed E-state index contributed by atoms with van der Waals surface area (Å²) in [5, 5.41) is 9.31. The number of aliphatic hydroxyl groups is 1. The summed E-state index contributed by atoms with van der Waals surface area (Å²) < 4.78 is 17.8. The van der Waals surface area contributed by atoms with Gasteiger partial charge in [-0.2, -0.15) is 0 Å². The lowest BCUT2D eigenvalue weighted by Crippen LogP contribution is -2.31. The van der Waals surface area contributed by atoms with E-state index in [-0.39, 0.29) is 18.8 Å². The van der Waals surface area contributed by atoms with E-state index in [0.29, 0.717) is 23.9 Å². The number of hydrogen-bond acceptors (Lipinski definition) is 5. The molecule has 4 rings (SSSR count). The molecule has 5 heteroatoms. The third-order valence-electron chi connectivity index (χ3n) is 4.48. The Kier molecular flexibility index (Phi) is 4.94. The Labute approximate surface area is 158 Å². The lowest BCUT2D eigenvalue weighted by Gasteiger charge is -2.32. The average molecular weight is 363 g/mol. The van der Waals surface area contributed by atoms with Gasteiger partial charge in [-0.05, 0) is 42.3 Å². The third-order valence-corrected chi connectivity index (χ3v) is 4.48. The summed E-state index contributed by atoms with van der Waals surface area (Å²) in [7, 11) is 0. The molecule has 1 aromatic heterocycles. The van der Waals surface area contributed by atoms with Gasteiger partial charge in [-0.15, -0.1) is 0 Å². The zero-order valence-corrected chi connectivity index (χ0v) is 15.0. The van der Waals surface area contributed by atoms with Crippen LogP contribution in [0.2, 0.25) is 0 Å². The molecular formula is C22H21NO4. The summed E-state index contributed by atoms with van der Waals surface area (Å²) in [6.07, 6.45) is 1.20. The third kappa shape index (κ3) is 3.88. The van der Waals surface area contributed by atoms with E-state index in [1.54, 1.807) is 12.3 Å². The molecule has 2 unspecified atom stereocenters. The van der Waals surface area contributed by atoms with Gasteiger partial charge >= 0.3 is 0 Å². The van der Waals surface area contributed by atoms with Crippen molar-refractivity contribution in [2.24, 2.45) is 0 Å². The Balaban J connectivity index is 1.46. The van der Waals surface area contributed by atoms with Gasteiger partial charge in [0.05, 0.1) is 18.5 Å². The molecule has 1 aliphatic heterocycles. The summed E-state index contributed by atoms with van der Waals surface area (Å²) in [6, 6.07) is 19.2. The molecule has 5 nitrogen and oxygen atoms in total. The highest BCUT2D eigenvalue weighted by Gasteiger charge is 2.30. The highest BCUT2D eigenvalue weighted by molar-refractivity contribution is 5.44. The van der Waals surface area contributed by atoms with Gasteiger partial charge < -0.3 is 19.3 Å². The molecule has 0 aliphatic carbocycles. The minimum atomic E-state index is -0.324. The molecule has 0 radical (unpaired) electrons. The van der Waals surface area contributed by atoms with Crippen LogP contribution in [0.4, 0.5) is 0 Å². The zero-order chi connectivity index (χ0) is 18.6. The summed E-state index contributed by atoms with van der Waals surface area (Å²) in [5.41, 5.74) is 2.66. The van der Waals surface area contributed by atoms with Crippen molar-refractivity contribution < 1.29 is 19.3 Å². The van der Waals surface area contributed by atoms with Crippen LogP contribution in [0.25, 0.3) is 0 Å². The van der Waals surface area contributed by atoms with Crippen molar-refractivity contribution in [3.63, 3.8) is 0 Å². The van der Waals surface area contributed by atoms with Crippen molar-refractivity contribution >= 4 is 0 Å². The number of benzene rings is 2. The molecule has 0 bridgehead atoms. The predicted molar refractivity (Wildman–Crippen MR) is 101 cm³/mol. The van der Waals surface area contributed by atoms with Crippen LogP contribution < -0.4 is 14.2 Å². The molecule has 27 heavy (non-hydrogen) atoms. The molecule has 1 N–H and O–H groups in total. The molecule has 1 aliphatic rings. The standard InChI is InChI=1S/C22H21NO4/c1-15-22(27-21-11-17(13-24)7-10-20(21)26-15)19-9-8-18(12-23-19)25-14-16-5-3-2-4-6-16/h2-12,15,22,24H,13-14H2,1H3. The van der Waals surface area contributed by atoms with Gasteiger partial charge in [-0.1, -0.05) is 36.4 Å². The van der Waals surface area contributed by atoms with Crippen LogP contribution in [0.15, 0.2) is 66.9 Å². The SMILES string of the molecule is CC1Oc2ccc(CO)cc2OC1c1ccc(OCc2ccccc2)cn1. The Morgan fingerprint density at radius 3 is 2.56 bits per heavy atom. The fourth-order valence-corrected chi connectivity index (χ4v) is 3.02. The monoisotopic (exact) mass is 363 g/mol. The van der Waals surface area contributed by atoms with Crippen molar-refractivity contribution in [1.82, 2.24) is 4.98 Å². The fourth-order valence-electron chi connectivity index (χ4n) is 3.02. The van der Waals surface area contributed by atoms with Gasteiger partial charge in [0.25, 0.3) is 0 Å². The van der Waals surface area contributed by atoms with Gasteiger partial charge in [-0.25, -0.2) is 0 Å². The molecule has 2 heterocycles. The highest BCUT2D eigenvalue weighted by Crippen LogP contribution is 2.39. The first-order chi connectivity index (χ1) is 13.2. The quantitative estimate of drug-likeness (QED) is 0.741. The predicted octanol–water partition coefficient (Wildman–Crippen LogP) is 4.05. The number of rotatable bonds is 5. The molecule has 0 fully saturated rings. The first kappa shape index (κ1) is 17.4. The minimum Gasteiger partial charge on any atom is -0.487 e. The van der Waals surface area contributed by atoms with Crippen LogP contribution in [0, 0.1) is 0 Å². The number of hydrogen-bond donors (Lipinski definition) is 1. The molecule has 2 atom stereocenters. The van der Waals surface area contributed by atoms with Crippen LogP contribution in [0.5, 0.6) is 17.2 Å². The van der Waals surface area contributed by atoms with Crippen LogP contribution in [0.3, 0.4) is 0 Å². The Bertz CT molecular complexity index is 896. The van der Waals surface area contributed by atoms with Crippen LogP contribution in [-0.4, -0.2) is 16.2 Å². The molecule has 0 amide bonds. The number of aliphatic hydroxyl groups excluding tert-OH is 1. The number of pyridine rings is 1. The average Bonchev–Trinajstić information content (AvgIpc) is 2.72. The van der Waals surface area contributed by atoms with Crippen molar-refractivity contribution in [2.75, 3.05) is 0 Å². The highest BCUT2D eigenvalue weighted by atomic mass is 16.6. The van der Waals surface area contributed by atoms with Crippen LogP contribution >= 0.6 is 0 Å². The topological polar surface area (TPSA) is 60.8 Å². The molecule has 3 aromatic rings. The normalized spacial score (nSPS) is 18.1. The summed E-state index contributed by atoms with van der Waals surface area (Å²) in [5.74, 6) is 2.00. The Morgan fingerprint density at radius 2 is 1.81 bits per heavy atom. The molecular weight excluding hydrogens is 342 g/mol. The number of nitrogens with zero attached hydrogens (tertiary/aromatic N) is 1. The van der Waals surface area contributed by atoms with E-state index in [1.165, 1.54) is 0 Å². The lowest BCUT2D eigenvalue weighted by molar-refractivity contribution is 0.0279. The maximum Gasteiger partial charge on any atom is 0.177 e. The largest absolute Gasteiger partial charge is 0.487 e. The van der Waals surface area contributed by atoms with Gasteiger partial charge in [0.15, 0.2) is 17.6 Å². The second-order valence-corrected chi connectivity index (χ2v) is 6.49. The van der Waals surface area contributed by atoms with Crippen molar-refractivity contribution in [2.45, 2.75) is 32.3 Å². The first-order valence-electron chi connectivity index (χ1n) is 8.93. The van der Waals surface area contributed by atoms with E-state index < -0.39 is 0 Å². The maximum absolute atomic E-state index is 9.31. The Morgan fingerprint density at radius 1 is 0.963 bits per heavy atom. The second-order valence-electron chi connectivity index (χ2n) is 6.49. The summed E-state index contributed by atoms with van der Waals surface area (Å²) >= 11 is 0. The second kappa shape index (κ2) is 7.68. The van der Waals surface area contributed by atoms with Gasteiger partial charge in [0, 0.05) is 0 Å². The summed E-state index contributed by atoms with van der Waals surface area (Å²) in [4.78, 5) is 4.50. The molecule has 0 saturated heterocycles. The summed E-state index contributed by atoms with van der Waals surface area (Å²) in [6.45, 7) is 2.41. The van der Waals surface area contributed by atoms with E-state index in [0.717, 1.165) is 16.8 Å². The molecule has 0 spiro atoms. The van der Waals surface area contributed by atoms with Gasteiger partial charge in [0.1, 0.15) is 18.5 Å². The van der Waals surface area contributed by atoms with E-state index >= 15 is 0 Å². The van der Waals surface area contributed by atoms with Crippen molar-refractivity contribution in [3.8, 4) is 17.2 Å². The fraction of sp³-hybridized carbons (Fsp3) is 0.227. The number of ether oxygens (including phenoxy) is 3.